The number of halogens is 2. The summed E-state index contributed by atoms with van der Waals surface area (Å²) in [6.45, 7) is 2.09. The van der Waals surface area contributed by atoms with Crippen molar-refractivity contribution in [2.45, 2.75) is 19.8 Å². The van der Waals surface area contributed by atoms with Crippen LogP contribution in [0.25, 0.3) is 16.6 Å². The second kappa shape index (κ2) is 5.38. The van der Waals surface area contributed by atoms with Gasteiger partial charge in [-0.3, -0.25) is 9.55 Å². The normalized spacial score (nSPS) is 11.2. The third-order valence-corrected chi connectivity index (χ3v) is 3.67. The first-order chi connectivity index (χ1) is 9.72. The Hall–Kier alpha value is -1.65. The first kappa shape index (κ1) is 13.3. The molecule has 0 N–H and O–H groups in total. The van der Waals surface area contributed by atoms with Gasteiger partial charge in [-0.2, -0.15) is 0 Å². The maximum atomic E-state index is 6.22. The van der Waals surface area contributed by atoms with Gasteiger partial charge in [0.15, 0.2) is 0 Å². The van der Waals surface area contributed by atoms with Crippen LogP contribution in [0, 0.1) is 0 Å². The first-order valence-corrected chi connectivity index (χ1v) is 7.11. The predicted octanol–water partition coefficient (Wildman–Crippen LogP) is 4.07. The molecule has 4 nitrogen and oxygen atoms in total. The van der Waals surface area contributed by atoms with Crippen LogP contribution >= 0.6 is 23.2 Å². The van der Waals surface area contributed by atoms with Crippen LogP contribution in [0.5, 0.6) is 0 Å². The molecule has 0 aliphatic heterocycles. The zero-order chi connectivity index (χ0) is 14.1. The van der Waals surface area contributed by atoms with Gasteiger partial charge in [0, 0.05) is 18.0 Å². The molecule has 3 aromatic rings. The summed E-state index contributed by atoms with van der Waals surface area (Å²) in [7, 11) is 0. The van der Waals surface area contributed by atoms with E-state index >= 15 is 0 Å². The van der Waals surface area contributed by atoms with Crippen molar-refractivity contribution in [2.24, 2.45) is 0 Å². The molecule has 0 bridgehead atoms. The Balaban J connectivity index is 2.30. The molecule has 1 aromatic carbocycles. The van der Waals surface area contributed by atoms with E-state index in [1.165, 1.54) is 0 Å². The van der Waals surface area contributed by atoms with Crippen molar-refractivity contribution in [3.05, 3.63) is 46.6 Å². The topological polar surface area (TPSA) is 43.6 Å². The SMILES string of the molecule is CCCc1nnc(Cl)n1-c1ccc(Cl)c2cccnc12. The molecule has 2 aromatic heterocycles. The predicted molar refractivity (Wildman–Crippen MR) is 80.7 cm³/mol. The Morgan fingerprint density at radius 1 is 1.15 bits per heavy atom. The van der Waals surface area contributed by atoms with Crippen LogP contribution in [0.15, 0.2) is 30.5 Å². The molecule has 20 heavy (non-hydrogen) atoms. The van der Waals surface area contributed by atoms with Gasteiger partial charge in [0.1, 0.15) is 5.82 Å². The smallest absolute Gasteiger partial charge is 0.229 e. The summed E-state index contributed by atoms with van der Waals surface area (Å²) < 4.78 is 1.83. The largest absolute Gasteiger partial charge is 0.268 e. The van der Waals surface area contributed by atoms with Crippen molar-refractivity contribution in [2.75, 3.05) is 0 Å². The average molecular weight is 307 g/mol. The van der Waals surface area contributed by atoms with Crippen molar-refractivity contribution < 1.29 is 0 Å². The molecular formula is C14H12Cl2N4. The zero-order valence-corrected chi connectivity index (χ0v) is 12.4. The molecule has 0 aliphatic carbocycles. The van der Waals surface area contributed by atoms with Crippen LogP contribution in [0.3, 0.4) is 0 Å². The Morgan fingerprint density at radius 3 is 2.80 bits per heavy atom. The lowest BCUT2D eigenvalue weighted by atomic mass is 10.2. The molecule has 2 heterocycles. The van der Waals surface area contributed by atoms with Gasteiger partial charge < -0.3 is 0 Å². The highest BCUT2D eigenvalue weighted by Gasteiger charge is 2.15. The van der Waals surface area contributed by atoms with E-state index in [4.69, 9.17) is 23.2 Å². The Morgan fingerprint density at radius 2 is 2.00 bits per heavy atom. The number of fused-ring (bicyclic) bond motifs is 1. The van der Waals surface area contributed by atoms with Gasteiger partial charge in [0.25, 0.3) is 0 Å². The molecule has 0 unspecified atom stereocenters. The minimum absolute atomic E-state index is 0.336. The standard InChI is InChI=1S/C14H12Cl2N4/c1-2-4-12-18-19-14(16)20(12)11-7-6-10(15)9-5-3-8-17-13(9)11/h3,5-8H,2,4H2,1H3. The van der Waals surface area contributed by atoms with Crippen LogP contribution in [0.4, 0.5) is 0 Å². The van der Waals surface area contributed by atoms with E-state index in [0.29, 0.717) is 10.3 Å². The van der Waals surface area contributed by atoms with Crippen LogP contribution in [0.1, 0.15) is 19.2 Å². The van der Waals surface area contributed by atoms with Crippen molar-refractivity contribution in [1.29, 1.82) is 0 Å². The van der Waals surface area contributed by atoms with Gasteiger partial charge in [0.05, 0.1) is 16.2 Å². The molecule has 6 heteroatoms. The van der Waals surface area contributed by atoms with Gasteiger partial charge in [-0.05, 0) is 42.3 Å². The molecule has 3 rings (SSSR count). The Bertz CT molecular complexity index is 767. The minimum Gasteiger partial charge on any atom is -0.268 e. The number of rotatable bonds is 3. The lowest BCUT2D eigenvalue weighted by Gasteiger charge is -2.10. The molecular weight excluding hydrogens is 295 g/mol. The maximum absolute atomic E-state index is 6.22. The summed E-state index contributed by atoms with van der Waals surface area (Å²) in [5.41, 5.74) is 1.64. The van der Waals surface area contributed by atoms with Crippen molar-refractivity contribution in [3.63, 3.8) is 0 Å². The van der Waals surface area contributed by atoms with Gasteiger partial charge in [-0.1, -0.05) is 18.5 Å². The van der Waals surface area contributed by atoms with E-state index < -0.39 is 0 Å². The quantitative estimate of drug-likeness (QED) is 0.732. The Kier molecular flexibility index (Phi) is 3.59. The molecule has 0 fully saturated rings. The third kappa shape index (κ3) is 2.15. The van der Waals surface area contributed by atoms with Crippen molar-refractivity contribution in [1.82, 2.24) is 19.7 Å². The van der Waals surface area contributed by atoms with E-state index in [1.807, 2.05) is 28.8 Å². The van der Waals surface area contributed by atoms with Crippen LogP contribution in [-0.2, 0) is 6.42 Å². The number of aryl methyl sites for hydroxylation is 1. The molecule has 102 valence electrons. The summed E-state index contributed by atoms with van der Waals surface area (Å²) in [5, 5.41) is 9.98. The maximum Gasteiger partial charge on any atom is 0.229 e. The molecule has 0 atom stereocenters. The highest BCUT2D eigenvalue weighted by Crippen LogP contribution is 2.29. The summed E-state index contributed by atoms with van der Waals surface area (Å²) in [6, 6.07) is 7.53. The van der Waals surface area contributed by atoms with E-state index in [1.54, 1.807) is 6.20 Å². The molecule has 0 saturated carbocycles. The van der Waals surface area contributed by atoms with Gasteiger partial charge >= 0.3 is 0 Å². The fraction of sp³-hybridized carbons (Fsp3) is 0.214. The van der Waals surface area contributed by atoms with Gasteiger partial charge in [-0.15, -0.1) is 10.2 Å². The third-order valence-electron chi connectivity index (χ3n) is 3.10. The van der Waals surface area contributed by atoms with Gasteiger partial charge in [-0.25, -0.2) is 0 Å². The highest BCUT2D eigenvalue weighted by molar-refractivity contribution is 6.35. The Labute approximate surface area is 126 Å². The summed E-state index contributed by atoms with van der Waals surface area (Å²) in [4.78, 5) is 4.42. The van der Waals surface area contributed by atoms with Crippen LogP contribution in [0.2, 0.25) is 10.3 Å². The van der Waals surface area contributed by atoms with Crippen molar-refractivity contribution in [3.8, 4) is 5.69 Å². The molecule has 0 radical (unpaired) electrons. The summed E-state index contributed by atoms with van der Waals surface area (Å²) in [6.07, 6.45) is 3.50. The second-order valence-electron chi connectivity index (χ2n) is 4.44. The fourth-order valence-corrected chi connectivity index (χ4v) is 2.66. The number of benzene rings is 1. The van der Waals surface area contributed by atoms with Crippen LogP contribution in [-0.4, -0.2) is 19.7 Å². The summed E-state index contributed by atoms with van der Waals surface area (Å²) in [5.74, 6) is 0.826. The zero-order valence-electron chi connectivity index (χ0n) is 10.8. The second-order valence-corrected chi connectivity index (χ2v) is 5.18. The summed E-state index contributed by atoms with van der Waals surface area (Å²) >= 11 is 12.4. The van der Waals surface area contributed by atoms with E-state index in [-0.39, 0.29) is 0 Å². The highest BCUT2D eigenvalue weighted by atomic mass is 35.5. The van der Waals surface area contributed by atoms with Gasteiger partial charge in [0.2, 0.25) is 5.28 Å². The molecule has 0 saturated heterocycles. The molecule has 0 spiro atoms. The number of nitrogens with zero attached hydrogens (tertiary/aromatic N) is 4. The molecule has 0 amide bonds. The van der Waals surface area contributed by atoms with Crippen molar-refractivity contribution >= 4 is 34.1 Å². The minimum atomic E-state index is 0.336. The monoisotopic (exact) mass is 306 g/mol. The number of hydrogen-bond acceptors (Lipinski definition) is 3. The van der Waals surface area contributed by atoms with E-state index in [9.17, 15) is 0 Å². The lowest BCUT2D eigenvalue weighted by Crippen LogP contribution is -2.03. The first-order valence-electron chi connectivity index (χ1n) is 6.35. The van der Waals surface area contributed by atoms with E-state index in [2.05, 4.69) is 22.1 Å². The number of hydrogen-bond donors (Lipinski definition) is 0. The number of pyridine rings is 1. The fourth-order valence-electron chi connectivity index (χ4n) is 2.22. The molecule has 0 aliphatic rings. The van der Waals surface area contributed by atoms with E-state index in [0.717, 1.165) is 35.3 Å². The average Bonchev–Trinajstić information content (AvgIpc) is 2.82. The number of aromatic nitrogens is 4. The van der Waals surface area contributed by atoms with Crippen LogP contribution < -0.4 is 0 Å². The lowest BCUT2D eigenvalue weighted by molar-refractivity contribution is 0.804.